The molecule has 0 aliphatic carbocycles. The molecule has 9 nitrogen and oxygen atoms in total. The molecule has 0 atom stereocenters. The number of hydrogen-bond donors (Lipinski definition) is 2. The average Bonchev–Trinajstić information content (AvgIpc) is 3.36. The summed E-state index contributed by atoms with van der Waals surface area (Å²) in [6, 6.07) is 14.3. The van der Waals surface area contributed by atoms with Crippen LogP contribution in [0.25, 0.3) is 0 Å². The molecule has 0 unspecified atom stereocenters. The molecule has 174 valence electrons. The van der Waals surface area contributed by atoms with E-state index in [9.17, 15) is 13.2 Å². The van der Waals surface area contributed by atoms with Crippen LogP contribution in [0.2, 0.25) is 0 Å². The Morgan fingerprint density at radius 2 is 1.76 bits per heavy atom. The Bertz CT molecular complexity index is 1190. The first-order valence-corrected chi connectivity index (χ1v) is 12.2. The Morgan fingerprint density at radius 1 is 1.03 bits per heavy atom. The Hall–Kier alpha value is -3.21. The number of aromatic nitrogens is 1. The summed E-state index contributed by atoms with van der Waals surface area (Å²) in [4.78, 5) is 21.4. The molecule has 1 fully saturated rings. The van der Waals surface area contributed by atoms with Crippen LogP contribution in [-0.4, -0.2) is 64.0 Å². The van der Waals surface area contributed by atoms with Gasteiger partial charge in [0.25, 0.3) is 15.9 Å². The smallest absolute Gasteiger partial charge is 0.291 e. The van der Waals surface area contributed by atoms with Crippen LogP contribution >= 0.6 is 0 Å². The summed E-state index contributed by atoms with van der Waals surface area (Å²) in [5.41, 5.74) is 2.86. The molecule has 1 aliphatic heterocycles. The maximum absolute atomic E-state index is 12.7. The van der Waals surface area contributed by atoms with Gasteiger partial charge in [-0.15, -0.1) is 0 Å². The van der Waals surface area contributed by atoms with Gasteiger partial charge in [0, 0.05) is 45.1 Å². The molecule has 2 aromatic heterocycles. The van der Waals surface area contributed by atoms with Gasteiger partial charge in [0.2, 0.25) is 5.09 Å². The minimum Gasteiger partial charge on any atom is -0.438 e. The molecular formula is C23H27N5O4S. The maximum atomic E-state index is 12.7. The molecule has 33 heavy (non-hydrogen) atoms. The van der Waals surface area contributed by atoms with E-state index in [0.717, 1.165) is 44.8 Å². The fourth-order valence-electron chi connectivity index (χ4n) is 3.78. The highest BCUT2D eigenvalue weighted by molar-refractivity contribution is 7.89. The Morgan fingerprint density at radius 3 is 2.48 bits per heavy atom. The molecule has 4 rings (SSSR count). The fraction of sp³-hybridized carbons (Fsp3) is 0.304. The van der Waals surface area contributed by atoms with Gasteiger partial charge in [-0.05, 0) is 55.4 Å². The van der Waals surface area contributed by atoms with Crippen LogP contribution in [0.15, 0.2) is 70.4 Å². The predicted octanol–water partition coefficient (Wildman–Crippen LogP) is 2.20. The molecule has 0 spiro atoms. The normalized spacial score (nSPS) is 14.9. The van der Waals surface area contributed by atoms with Crippen molar-refractivity contribution in [3.8, 4) is 0 Å². The van der Waals surface area contributed by atoms with Crippen LogP contribution in [0, 0.1) is 0 Å². The number of pyridine rings is 1. The number of piperazine rings is 1. The first-order chi connectivity index (χ1) is 16.0. The van der Waals surface area contributed by atoms with Gasteiger partial charge in [-0.2, -0.15) is 0 Å². The fourth-order valence-corrected chi connectivity index (χ4v) is 4.42. The molecule has 1 aliphatic rings. The average molecular weight is 470 g/mol. The summed E-state index contributed by atoms with van der Waals surface area (Å²) in [6.07, 6.45) is 4.63. The summed E-state index contributed by atoms with van der Waals surface area (Å²) in [5.74, 6) is -0.574. The topological polar surface area (TPSA) is 108 Å². The van der Waals surface area contributed by atoms with Crippen LogP contribution in [0.5, 0.6) is 0 Å². The SMILES string of the molecule is CNS(=O)(=O)c1ccc(C(=O)Nc2ccccc2N2CCN(CCc3ccncc3)CC2)o1. The summed E-state index contributed by atoms with van der Waals surface area (Å²) in [5, 5.41) is 2.56. The summed E-state index contributed by atoms with van der Waals surface area (Å²) in [7, 11) is -2.47. The van der Waals surface area contributed by atoms with Crippen molar-refractivity contribution in [3.63, 3.8) is 0 Å². The third-order valence-electron chi connectivity index (χ3n) is 5.67. The van der Waals surface area contributed by atoms with Gasteiger partial charge in [0.15, 0.2) is 5.76 Å². The number of furan rings is 1. The highest BCUT2D eigenvalue weighted by atomic mass is 32.2. The van der Waals surface area contributed by atoms with E-state index in [4.69, 9.17) is 4.42 Å². The lowest BCUT2D eigenvalue weighted by Gasteiger charge is -2.37. The van der Waals surface area contributed by atoms with Crippen molar-refractivity contribution in [3.05, 3.63) is 72.2 Å². The van der Waals surface area contributed by atoms with Crippen molar-refractivity contribution in [2.45, 2.75) is 11.5 Å². The molecule has 10 heteroatoms. The molecule has 2 N–H and O–H groups in total. The quantitative estimate of drug-likeness (QED) is 0.521. The molecule has 0 bridgehead atoms. The number of carbonyl (C=O) groups excluding carboxylic acids is 1. The van der Waals surface area contributed by atoms with Crippen LogP contribution in [0.3, 0.4) is 0 Å². The monoisotopic (exact) mass is 469 g/mol. The lowest BCUT2D eigenvalue weighted by atomic mass is 10.1. The third-order valence-corrected chi connectivity index (χ3v) is 6.96. The van der Waals surface area contributed by atoms with E-state index in [-0.39, 0.29) is 10.9 Å². The van der Waals surface area contributed by atoms with Gasteiger partial charge >= 0.3 is 0 Å². The van der Waals surface area contributed by atoms with Gasteiger partial charge in [-0.1, -0.05) is 12.1 Å². The molecule has 3 heterocycles. The predicted molar refractivity (Wildman–Crippen MR) is 126 cm³/mol. The molecular weight excluding hydrogens is 442 g/mol. The molecule has 1 saturated heterocycles. The zero-order valence-electron chi connectivity index (χ0n) is 18.4. The Labute approximate surface area is 193 Å². The van der Waals surface area contributed by atoms with Crippen molar-refractivity contribution < 1.29 is 17.6 Å². The van der Waals surface area contributed by atoms with Crippen molar-refractivity contribution in [2.24, 2.45) is 0 Å². The first-order valence-electron chi connectivity index (χ1n) is 10.8. The molecule has 0 saturated carbocycles. The number of anilines is 2. The molecule has 3 aromatic rings. The number of hydrogen-bond acceptors (Lipinski definition) is 7. The van der Waals surface area contributed by atoms with Gasteiger partial charge in [-0.3, -0.25) is 14.7 Å². The van der Waals surface area contributed by atoms with Gasteiger partial charge in [0.1, 0.15) is 0 Å². The van der Waals surface area contributed by atoms with E-state index in [1.54, 1.807) is 0 Å². The number of amides is 1. The number of benzene rings is 1. The number of rotatable bonds is 8. The van der Waals surface area contributed by atoms with Crippen LogP contribution in [0.4, 0.5) is 11.4 Å². The molecule has 0 radical (unpaired) electrons. The molecule has 1 amide bonds. The number of nitrogens with zero attached hydrogens (tertiary/aromatic N) is 3. The minimum absolute atomic E-state index is 0.0699. The van der Waals surface area contributed by atoms with Crippen LogP contribution < -0.4 is 14.9 Å². The van der Waals surface area contributed by atoms with Gasteiger partial charge in [-0.25, -0.2) is 13.1 Å². The minimum atomic E-state index is -3.75. The zero-order chi connectivity index (χ0) is 23.3. The van der Waals surface area contributed by atoms with Crippen molar-refractivity contribution >= 4 is 27.3 Å². The highest BCUT2D eigenvalue weighted by Crippen LogP contribution is 2.27. The summed E-state index contributed by atoms with van der Waals surface area (Å²) >= 11 is 0. The highest BCUT2D eigenvalue weighted by Gasteiger charge is 2.22. The van der Waals surface area contributed by atoms with Crippen LogP contribution in [0.1, 0.15) is 16.1 Å². The number of nitrogens with one attached hydrogen (secondary N) is 2. The van der Waals surface area contributed by atoms with Crippen molar-refractivity contribution in [1.82, 2.24) is 14.6 Å². The molecule has 1 aromatic carbocycles. The second kappa shape index (κ2) is 10.2. The Balaban J connectivity index is 1.37. The van der Waals surface area contributed by atoms with E-state index >= 15 is 0 Å². The van der Waals surface area contributed by atoms with E-state index in [1.807, 2.05) is 48.8 Å². The number of sulfonamides is 1. The maximum Gasteiger partial charge on any atom is 0.291 e. The third kappa shape index (κ3) is 5.59. The lowest BCUT2D eigenvalue weighted by molar-refractivity contribution is 0.0991. The van der Waals surface area contributed by atoms with Crippen LogP contribution in [-0.2, 0) is 16.4 Å². The second-order valence-corrected chi connectivity index (χ2v) is 9.55. The van der Waals surface area contributed by atoms with Crippen molar-refractivity contribution in [2.75, 3.05) is 50.0 Å². The van der Waals surface area contributed by atoms with Gasteiger partial charge < -0.3 is 14.6 Å². The summed E-state index contributed by atoms with van der Waals surface area (Å²) in [6.45, 7) is 4.53. The Kier molecular flexibility index (Phi) is 7.07. The van der Waals surface area contributed by atoms with E-state index in [2.05, 4.69) is 24.8 Å². The van der Waals surface area contributed by atoms with E-state index in [1.165, 1.54) is 24.7 Å². The zero-order valence-corrected chi connectivity index (χ0v) is 19.2. The van der Waals surface area contributed by atoms with E-state index in [0.29, 0.717) is 5.69 Å². The number of para-hydroxylation sites is 2. The largest absolute Gasteiger partial charge is 0.438 e. The van der Waals surface area contributed by atoms with Gasteiger partial charge in [0.05, 0.1) is 11.4 Å². The standard InChI is InChI=1S/C23H27N5O4S/c1-24-33(30,31)22-7-6-21(32-22)23(29)26-19-4-2-3-5-20(19)28-16-14-27(15-17-28)13-10-18-8-11-25-12-9-18/h2-9,11-12,24H,10,13-17H2,1H3,(H,26,29). The number of carbonyl (C=O) groups is 1. The first kappa shape index (κ1) is 23.0. The van der Waals surface area contributed by atoms with E-state index < -0.39 is 15.9 Å². The lowest BCUT2D eigenvalue weighted by Crippen LogP contribution is -2.47. The summed E-state index contributed by atoms with van der Waals surface area (Å²) < 4.78 is 31.1. The van der Waals surface area contributed by atoms with Crippen molar-refractivity contribution in [1.29, 1.82) is 0 Å². The second-order valence-electron chi connectivity index (χ2n) is 7.73.